The van der Waals surface area contributed by atoms with Gasteiger partial charge in [-0.05, 0) is 48.5 Å². The zero-order chi connectivity index (χ0) is 24.0. The van der Waals surface area contributed by atoms with Crippen molar-refractivity contribution in [3.05, 3.63) is 81.9 Å². The van der Waals surface area contributed by atoms with Crippen LogP contribution in [0.1, 0.15) is 0 Å². The number of benzene rings is 3. The van der Waals surface area contributed by atoms with Crippen LogP contribution in [-0.4, -0.2) is 33.0 Å². The molecule has 0 radical (unpaired) electrons. The molecule has 172 valence electrons. The molecule has 0 aliphatic carbocycles. The maximum absolute atomic E-state index is 12.6. The Balaban J connectivity index is 1.59. The van der Waals surface area contributed by atoms with Gasteiger partial charge in [0, 0.05) is 17.8 Å². The summed E-state index contributed by atoms with van der Waals surface area (Å²) in [6, 6.07) is 15.4. The van der Waals surface area contributed by atoms with Crippen molar-refractivity contribution in [3.63, 3.8) is 0 Å². The molecule has 0 saturated heterocycles. The van der Waals surface area contributed by atoms with E-state index in [0.29, 0.717) is 5.75 Å². The molecule has 0 heterocycles. The van der Waals surface area contributed by atoms with Crippen LogP contribution in [0.3, 0.4) is 0 Å². The van der Waals surface area contributed by atoms with Crippen molar-refractivity contribution in [1.82, 2.24) is 0 Å². The van der Waals surface area contributed by atoms with Crippen LogP contribution in [0.4, 0.5) is 17.1 Å². The summed E-state index contributed by atoms with van der Waals surface area (Å²) in [4.78, 5) is 22.2. The smallest absolute Gasteiger partial charge is 0.271 e. The van der Waals surface area contributed by atoms with Gasteiger partial charge in [0.05, 0.1) is 27.6 Å². The summed E-state index contributed by atoms with van der Waals surface area (Å²) in [5, 5.41) is 13.5. The lowest BCUT2D eigenvalue weighted by atomic mass is 10.3. The van der Waals surface area contributed by atoms with E-state index < -0.39 is 20.9 Å². The second-order valence-electron chi connectivity index (χ2n) is 6.57. The minimum Gasteiger partial charge on any atom is -0.495 e. The van der Waals surface area contributed by atoms with Gasteiger partial charge in [0.1, 0.15) is 11.5 Å². The third kappa shape index (κ3) is 6.34. The van der Waals surface area contributed by atoms with Crippen LogP contribution in [0.5, 0.6) is 11.5 Å². The second kappa shape index (κ2) is 10.2. The zero-order valence-electron chi connectivity index (χ0n) is 17.1. The van der Waals surface area contributed by atoms with E-state index in [9.17, 15) is 23.3 Å². The minimum absolute atomic E-state index is 0.0252. The van der Waals surface area contributed by atoms with Crippen LogP contribution >= 0.6 is 11.6 Å². The highest BCUT2D eigenvalue weighted by Gasteiger charge is 2.16. The summed E-state index contributed by atoms with van der Waals surface area (Å²) >= 11 is 6.02. The quantitative estimate of drug-likeness (QED) is 0.340. The van der Waals surface area contributed by atoms with Crippen LogP contribution in [-0.2, 0) is 14.8 Å². The number of hydrogen-bond acceptors (Lipinski definition) is 7. The number of anilines is 2. The number of nitrogens with zero attached hydrogens (tertiary/aromatic N) is 1. The third-order valence-electron chi connectivity index (χ3n) is 4.25. The molecular weight excluding hydrogens is 474 g/mol. The van der Waals surface area contributed by atoms with Gasteiger partial charge in [0.2, 0.25) is 0 Å². The molecule has 3 rings (SSSR count). The number of carbonyl (C=O) groups excluding carboxylic acids is 1. The fourth-order valence-electron chi connectivity index (χ4n) is 2.70. The van der Waals surface area contributed by atoms with Gasteiger partial charge in [0.15, 0.2) is 6.61 Å². The van der Waals surface area contributed by atoms with Crippen molar-refractivity contribution in [2.75, 3.05) is 23.8 Å². The van der Waals surface area contributed by atoms with Crippen LogP contribution < -0.4 is 19.5 Å². The lowest BCUT2D eigenvalue weighted by Gasteiger charge is -2.11. The molecular formula is C21H18ClN3O7S. The highest BCUT2D eigenvalue weighted by Crippen LogP contribution is 2.28. The van der Waals surface area contributed by atoms with E-state index in [2.05, 4.69) is 10.0 Å². The number of nitro benzene ring substituents is 1. The maximum Gasteiger partial charge on any atom is 0.271 e. The highest BCUT2D eigenvalue weighted by atomic mass is 35.5. The summed E-state index contributed by atoms with van der Waals surface area (Å²) in [5.74, 6) is 0.136. The van der Waals surface area contributed by atoms with E-state index >= 15 is 0 Å². The molecule has 0 atom stereocenters. The van der Waals surface area contributed by atoms with E-state index in [0.717, 1.165) is 0 Å². The predicted octanol–water partition coefficient (Wildman–Crippen LogP) is 4.08. The van der Waals surface area contributed by atoms with Crippen molar-refractivity contribution in [1.29, 1.82) is 0 Å². The topological polar surface area (TPSA) is 137 Å². The molecule has 33 heavy (non-hydrogen) atoms. The SMILES string of the molecule is COc1ccc(NS(=O)(=O)c2ccc(OCC(=O)Nc3cccc([N+](=O)[O-])c3)cc2)cc1Cl. The maximum atomic E-state index is 12.6. The first-order chi connectivity index (χ1) is 15.7. The number of non-ortho nitro benzene ring substituents is 1. The largest absolute Gasteiger partial charge is 0.495 e. The average molecular weight is 492 g/mol. The van der Waals surface area contributed by atoms with E-state index in [1.165, 1.54) is 73.8 Å². The average Bonchev–Trinajstić information content (AvgIpc) is 2.78. The number of ether oxygens (including phenoxy) is 2. The molecule has 0 bridgehead atoms. The van der Waals surface area contributed by atoms with Crippen LogP contribution in [0.15, 0.2) is 71.6 Å². The first kappa shape index (κ1) is 23.8. The van der Waals surface area contributed by atoms with Gasteiger partial charge < -0.3 is 14.8 Å². The number of nitro groups is 1. The van der Waals surface area contributed by atoms with Crippen molar-refractivity contribution in [2.24, 2.45) is 0 Å². The number of amides is 1. The van der Waals surface area contributed by atoms with Crippen molar-refractivity contribution >= 4 is 44.6 Å². The Morgan fingerprint density at radius 3 is 2.42 bits per heavy atom. The Morgan fingerprint density at radius 2 is 1.79 bits per heavy atom. The second-order valence-corrected chi connectivity index (χ2v) is 8.66. The van der Waals surface area contributed by atoms with Gasteiger partial charge >= 0.3 is 0 Å². The normalized spacial score (nSPS) is 10.8. The molecule has 0 unspecified atom stereocenters. The Labute approximate surface area is 194 Å². The van der Waals surface area contributed by atoms with Crippen molar-refractivity contribution in [3.8, 4) is 11.5 Å². The molecule has 0 aliphatic heterocycles. The standard InChI is InChI=1S/C21H18ClN3O7S/c1-31-20-10-5-15(12-19(20)22)24-33(29,30)18-8-6-17(7-9-18)32-13-21(26)23-14-3-2-4-16(11-14)25(27)28/h2-12,24H,13H2,1H3,(H,23,26). The van der Waals surface area contributed by atoms with E-state index in [1.807, 2.05) is 0 Å². The Morgan fingerprint density at radius 1 is 1.06 bits per heavy atom. The van der Waals surface area contributed by atoms with Gasteiger partial charge in [0.25, 0.3) is 21.6 Å². The minimum atomic E-state index is -3.89. The number of sulfonamides is 1. The van der Waals surface area contributed by atoms with Crippen LogP contribution in [0, 0.1) is 10.1 Å². The molecule has 3 aromatic carbocycles. The molecule has 12 heteroatoms. The van der Waals surface area contributed by atoms with Crippen LogP contribution in [0.2, 0.25) is 5.02 Å². The number of hydrogen-bond donors (Lipinski definition) is 2. The molecule has 10 nitrogen and oxygen atoms in total. The lowest BCUT2D eigenvalue weighted by Crippen LogP contribution is -2.20. The lowest BCUT2D eigenvalue weighted by molar-refractivity contribution is -0.384. The van der Waals surface area contributed by atoms with Gasteiger partial charge in [-0.25, -0.2) is 8.42 Å². The number of rotatable bonds is 9. The van der Waals surface area contributed by atoms with Crippen LogP contribution in [0.25, 0.3) is 0 Å². The number of nitrogens with one attached hydrogen (secondary N) is 2. The van der Waals surface area contributed by atoms with Crippen molar-refractivity contribution < 1.29 is 27.6 Å². The molecule has 0 aromatic heterocycles. The van der Waals surface area contributed by atoms with E-state index in [-0.39, 0.29) is 39.3 Å². The van der Waals surface area contributed by atoms with Gasteiger partial charge in [-0.3, -0.25) is 19.6 Å². The molecule has 0 aliphatic rings. The predicted molar refractivity (Wildman–Crippen MR) is 122 cm³/mol. The first-order valence-corrected chi connectivity index (χ1v) is 11.2. The first-order valence-electron chi connectivity index (χ1n) is 9.31. The molecule has 3 aromatic rings. The Kier molecular flexibility index (Phi) is 7.36. The van der Waals surface area contributed by atoms with Gasteiger partial charge in [-0.2, -0.15) is 0 Å². The third-order valence-corrected chi connectivity index (χ3v) is 5.94. The summed E-state index contributed by atoms with van der Waals surface area (Å²) < 4.78 is 38.0. The summed E-state index contributed by atoms with van der Waals surface area (Å²) in [5.41, 5.74) is 0.360. The molecule has 0 spiro atoms. The number of methoxy groups -OCH3 is 1. The Bertz CT molecular complexity index is 1280. The summed E-state index contributed by atoms with van der Waals surface area (Å²) in [6.45, 7) is -0.378. The summed E-state index contributed by atoms with van der Waals surface area (Å²) in [6.07, 6.45) is 0. The molecule has 1 amide bonds. The number of halogens is 1. The monoisotopic (exact) mass is 491 g/mol. The fourth-order valence-corrected chi connectivity index (χ4v) is 4.01. The van der Waals surface area contributed by atoms with E-state index in [4.69, 9.17) is 21.1 Å². The van der Waals surface area contributed by atoms with E-state index in [1.54, 1.807) is 0 Å². The fraction of sp³-hybridized carbons (Fsp3) is 0.0952. The molecule has 0 fully saturated rings. The van der Waals surface area contributed by atoms with Gasteiger partial charge in [-0.15, -0.1) is 0 Å². The molecule has 2 N–H and O–H groups in total. The summed E-state index contributed by atoms with van der Waals surface area (Å²) in [7, 11) is -2.44. The van der Waals surface area contributed by atoms with Gasteiger partial charge in [-0.1, -0.05) is 17.7 Å². The number of carbonyl (C=O) groups is 1. The Hall–Kier alpha value is -3.83. The van der Waals surface area contributed by atoms with Crippen molar-refractivity contribution in [2.45, 2.75) is 4.90 Å². The highest BCUT2D eigenvalue weighted by molar-refractivity contribution is 7.92. The zero-order valence-corrected chi connectivity index (χ0v) is 18.7. The molecule has 0 saturated carbocycles.